The molecular formula is C10H16N2O2. The van der Waals surface area contributed by atoms with Crippen molar-refractivity contribution in [3.63, 3.8) is 0 Å². The van der Waals surface area contributed by atoms with Crippen LogP contribution in [0, 0.1) is 5.92 Å². The smallest absolute Gasteiger partial charge is 0.244 e. The standard InChI is InChI=1S/C10H16N2O2/c1-6(2)12-5-3-4-7-8(12)10(14)11-9(7)13/h6-8H,3-5H2,1-2H3,(H,11,13,14). The number of fused-ring (bicyclic) bond motifs is 1. The minimum absolute atomic E-state index is 0.0784. The average molecular weight is 196 g/mol. The molecule has 14 heavy (non-hydrogen) atoms. The Morgan fingerprint density at radius 2 is 2.07 bits per heavy atom. The molecule has 0 saturated carbocycles. The van der Waals surface area contributed by atoms with E-state index >= 15 is 0 Å². The molecule has 2 aliphatic rings. The Balaban J connectivity index is 2.23. The number of likely N-dealkylation sites (tertiary alicyclic amines) is 1. The molecule has 0 aromatic heterocycles. The molecule has 0 spiro atoms. The second-order valence-electron chi connectivity index (χ2n) is 4.38. The number of carbonyl (C=O) groups excluding carboxylic acids is 2. The van der Waals surface area contributed by atoms with Crippen LogP contribution < -0.4 is 5.32 Å². The van der Waals surface area contributed by atoms with Gasteiger partial charge in [0, 0.05) is 6.04 Å². The van der Waals surface area contributed by atoms with Gasteiger partial charge >= 0.3 is 0 Å². The third-order valence-electron chi connectivity index (χ3n) is 3.18. The molecule has 0 radical (unpaired) electrons. The van der Waals surface area contributed by atoms with Crippen molar-refractivity contribution in [1.29, 1.82) is 0 Å². The van der Waals surface area contributed by atoms with E-state index in [1.54, 1.807) is 0 Å². The summed E-state index contributed by atoms with van der Waals surface area (Å²) in [5.74, 6) is -0.280. The van der Waals surface area contributed by atoms with Gasteiger partial charge < -0.3 is 0 Å². The zero-order chi connectivity index (χ0) is 10.3. The SMILES string of the molecule is CC(C)N1CCCC2C(=O)NC(=O)C21. The second kappa shape index (κ2) is 3.35. The van der Waals surface area contributed by atoms with E-state index in [-0.39, 0.29) is 23.8 Å². The van der Waals surface area contributed by atoms with Gasteiger partial charge in [-0.25, -0.2) is 0 Å². The third kappa shape index (κ3) is 1.34. The number of carbonyl (C=O) groups is 2. The molecule has 0 aromatic rings. The number of piperidine rings is 1. The molecule has 2 fully saturated rings. The quantitative estimate of drug-likeness (QED) is 0.606. The van der Waals surface area contributed by atoms with E-state index in [1.165, 1.54) is 0 Å². The molecule has 2 saturated heterocycles. The molecule has 1 N–H and O–H groups in total. The number of amides is 2. The third-order valence-corrected chi connectivity index (χ3v) is 3.18. The lowest BCUT2D eigenvalue weighted by Gasteiger charge is -2.37. The first-order valence-corrected chi connectivity index (χ1v) is 5.21. The molecule has 2 heterocycles. The Hall–Kier alpha value is -0.900. The maximum Gasteiger partial charge on any atom is 0.244 e. The molecule has 2 atom stereocenters. The van der Waals surface area contributed by atoms with Crippen LogP contribution in [0.5, 0.6) is 0 Å². The fraction of sp³-hybridized carbons (Fsp3) is 0.800. The van der Waals surface area contributed by atoms with Crippen LogP contribution in [0.1, 0.15) is 26.7 Å². The van der Waals surface area contributed by atoms with Crippen molar-refractivity contribution < 1.29 is 9.59 Å². The Labute approximate surface area is 83.6 Å². The van der Waals surface area contributed by atoms with E-state index in [0.29, 0.717) is 6.04 Å². The van der Waals surface area contributed by atoms with Crippen molar-refractivity contribution in [2.75, 3.05) is 6.54 Å². The molecule has 0 aliphatic carbocycles. The summed E-state index contributed by atoms with van der Waals surface area (Å²) in [6, 6.07) is 0.135. The first kappa shape index (κ1) is 9.65. The second-order valence-corrected chi connectivity index (χ2v) is 4.38. The molecule has 4 heteroatoms. The van der Waals surface area contributed by atoms with Crippen LogP contribution in [0.25, 0.3) is 0 Å². The Morgan fingerprint density at radius 3 is 2.71 bits per heavy atom. The van der Waals surface area contributed by atoms with E-state index in [1.807, 2.05) is 0 Å². The number of rotatable bonds is 1. The van der Waals surface area contributed by atoms with Crippen molar-refractivity contribution >= 4 is 11.8 Å². The minimum atomic E-state index is -0.198. The van der Waals surface area contributed by atoms with Gasteiger partial charge in [-0.1, -0.05) is 0 Å². The Morgan fingerprint density at radius 1 is 1.36 bits per heavy atom. The van der Waals surface area contributed by atoms with E-state index < -0.39 is 0 Å². The van der Waals surface area contributed by atoms with Crippen LogP contribution in [0.2, 0.25) is 0 Å². The molecule has 4 nitrogen and oxygen atoms in total. The summed E-state index contributed by atoms with van der Waals surface area (Å²) in [6.07, 6.45) is 1.87. The van der Waals surface area contributed by atoms with Crippen molar-refractivity contribution in [3.05, 3.63) is 0 Å². The summed E-state index contributed by atoms with van der Waals surface area (Å²) in [7, 11) is 0. The van der Waals surface area contributed by atoms with Crippen LogP contribution in [-0.4, -0.2) is 35.3 Å². The Kier molecular flexibility index (Phi) is 2.31. The lowest BCUT2D eigenvalue weighted by molar-refractivity contribution is -0.126. The number of imide groups is 1. The normalized spacial score (nSPS) is 33.4. The summed E-state index contributed by atoms with van der Waals surface area (Å²) < 4.78 is 0. The highest BCUT2D eigenvalue weighted by Crippen LogP contribution is 2.29. The number of nitrogens with zero attached hydrogens (tertiary/aromatic N) is 1. The fourth-order valence-electron chi connectivity index (χ4n) is 2.50. The molecule has 0 aromatic carbocycles. The van der Waals surface area contributed by atoms with Crippen LogP contribution in [0.4, 0.5) is 0 Å². The number of nitrogens with one attached hydrogen (secondary N) is 1. The van der Waals surface area contributed by atoms with Gasteiger partial charge in [-0.15, -0.1) is 0 Å². The molecule has 78 valence electrons. The monoisotopic (exact) mass is 196 g/mol. The molecule has 2 unspecified atom stereocenters. The van der Waals surface area contributed by atoms with Crippen molar-refractivity contribution in [2.45, 2.75) is 38.8 Å². The molecule has 2 amide bonds. The van der Waals surface area contributed by atoms with Gasteiger partial charge in [0.05, 0.1) is 5.92 Å². The summed E-state index contributed by atoms with van der Waals surface area (Å²) in [4.78, 5) is 25.1. The van der Waals surface area contributed by atoms with Crippen molar-refractivity contribution in [3.8, 4) is 0 Å². The van der Waals surface area contributed by atoms with Crippen LogP contribution in [0.15, 0.2) is 0 Å². The molecular weight excluding hydrogens is 180 g/mol. The van der Waals surface area contributed by atoms with E-state index in [0.717, 1.165) is 19.4 Å². The first-order chi connectivity index (χ1) is 6.61. The van der Waals surface area contributed by atoms with Gasteiger partial charge in [-0.05, 0) is 33.2 Å². The maximum atomic E-state index is 11.6. The topological polar surface area (TPSA) is 49.4 Å². The minimum Gasteiger partial charge on any atom is -0.295 e. The summed E-state index contributed by atoms with van der Waals surface area (Å²) in [5, 5.41) is 2.42. The lowest BCUT2D eigenvalue weighted by Crippen LogP contribution is -2.50. The number of hydrogen-bond acceptors (Lipinski definition) is 3. The van der Waals surface area contributed by atoms with Crippen LogP contribution in [0.3, 0.4) is 0 Å². The van der Waals surface area contributed by atoms with Gasteiger partial charge in [0.15, 0.2) is 0 Å². The van der Waals surface area contributed by atoms with Crippen molar-refractivity contribution in [2.24, 2.45) is 5.92 Å². The van der Waals surface area contributed by atoms with Crippen LogP contribution in [-0.2, 0) is 9.59 Å². The highest BCUT2D eigenvalue weighted by molar-refractivity contribution is 6.07. The molecule has 2 aliphatic heterocycles. The highest BCUT2D eigenvalue weighted by atomic mass is 16.2. The summed E-state index contributed by atoms with van der Waals surface area (Å²) in [6.45, 7) is 5.07. The molecule has 2 rings (SSSR count). The van der Waals surface area contributed by atoms with Crippen molar-refractivity contribution in [1.82, 2.24) is 10.2 Å². The zero-order valence-corrected chi connectivity index (χ0v) is 8.62. The Bertz CT molecular complexity index is 275. The van der Waals surface area contributed by atoms with E-state index in [2.05, 4.69) is 24.1 Å². The maximum absolute atomic E-state index is 11.6. The summed E-state index contributed by atoms with van der Waals surface area (Å²) >= 11 is 0. The van der Waals surface area contributed by atoms with E-state index in [4.69, 9.17) is 0 Å². The van der Waals surface area contributed by atoms with Gasteiger partial charge in [0.2, 0.25) is 11.8 Å². The van der Waals surface area contributed by atoms with Gasteiger partial charge in [-0.3, -0.25) is 19.8 Å². The summed E-state index contributed by atoms with van der Waals surface area (Å²) in [5.41, 5.74) is 0. The predicted octanol–water partition coefficient (Wildman–Crippen LogP) is 0.132. The largest absolute Gasteiger partial charge is 0.295 e. The zero-order valence-electron chi connectivity index (χ0n) is 8.62. The molecule has 0 bridgehead atoms. The lowest BCUT2D eigenvalue weighted by atomic mass is 9.90. The predicted molar refractivity (Wildman–Crippen MR) is 51.5 cm³/mol. The van der Waals surface area contributed by atoms with E-state index in [9.17, 15) is 9.59 Å². The van der Waals surface area contributed by atoms with Gasteiger partial charge in [0.25, 0.3) is 0 Å². The van der Waals surface area contributed by atoms with Gasteiger partial charge in [-0.2, -0.15) is 0 Å². The number of hydrogen-bond donors (Lipinski definition) is 1. The highest BCUT2D eigenvalue weighted by Gasteiger charge is 2.47. The average Bonchev–Trinajstić information content (AvgIpc) is 2.43. The van der Waals surface area contributed by atoms with Gasteiger partial charge in [0.1, 0.15) is 6.04 Å². The first-order valence-electron chi connectivity index (χ1n) is 5.21. The van der Waals surface area contributed by atoms with Crippen LogP contribution >= 0.6 is 0 Å². The fourth-order valence-corrected chi connectivity index (χ4v) is 2.50.